The molecule has 0 aliphatic rings. The van der Waals surface area contributed by atoms with Gasteiger partial charge in [0.1, 0.15) is 6.61 Å². The van der Waals surface area contributed by atoms with Gasteiger partial charge in [-0.15, -0.1) is 0 Å². The zero-order valence-electron chi connectivity index (χ0n) is 11.3. The molecular weight excluding hydrogens is 236 g/mol. The van der Waals surface area contributed by atoms with Crippen LogP contribution in [0.2, 0.25) is 0 Å². The summed E-state index contributed by atoms with van der Waals surface area (Å²) in [7, 11) is 2.98. The highest BCUT2D eigenvalue weighted by molar-refractivity contribution is 5.71. The van der Waals surface area contributed by atoms with Crippen molar-refractivity contribution in [3.63, 3.8) is 0 Å². The Hall–Kier alpha value is -1.40. The van der Waals surface area contributed by atoms with Gasteiger partial charge in [-0.05, 0) is 13.8 Å². The zero-order chi connectivity index (χ0) is 13.5. The maximum Gasteiger partial charge on any atom is 0.319 e. The molecule has 0 aliphatic carbocycles. The van der Waals surface area contributed by atoms with Crippen LogP contribution in [0.15, 0.2) is 10.6 Å². The summed E-state index contributed by atoms with van der Waals surface area (Å²) in [6.07, 6.45) is 0. The van der Waals surface area contributed by atoms with Gasteiger partial charge in [0.2, 0.25) is 0 Å². The lowest BCUT2D eigenvalue weighted by atomic mass is 10.2. The fraction of sp³-hybridized carbons (Fsp3) is 0.667. The standard InChI is InChI=1S/C12H20N2O4/c1-9(2)14(7-12(15)17-4)6-10-5-11(8-16-3)18-13-10/h5,9H,6-8H2,1-4H3. The minimum absolute atomic E-state index is 0.215. The Morgan fingerprint density at radius 1 is 1.50 bits per heavy atom. The topological polar surface area (TPSA) is 64.8 Å². The lowest BCUT2D eigenvalue weighted by molar-refractivity contribution is -0.142. The van der Waals surface area contributed by atoms with E-state index in [1.165, 1.54) is 7.11 Å². The van der Waals surface area contributed by atoms with Crippen LogP contribution in [-0.4, -0.2) is 42.8 Å². The molecule has 0 unspecified atom stereocenters. The number of aromatic nitrogens is 1. The Morgan fingerprint density at radius 2 is 2.22 bits per heavy atom. The van der Waals surface area contributed by atoms with Crippen molar-refractivity contribution in [3.05, 3.63) is 17.5 Å². The van der Waals surface area contributed by atoms with Crippen LogP contribution in [0.25, 0.3) is 0 Å². The Labute approximate surface area is 107 Å². The second kappa shape index (κ2) is 7.13. The highest BCUT2D eigenvalue weighted by Gasteiger charge is 2.16. The van der Waals surface area contributed by atoms with Gasteiger partial charge in [0.15, 0.2) is 5.76 Å². The first-order valence-electron chi connectivity index (χ1n) is 5.81. The number of hydrogen-bond donors (Lipinski definition) is 0. The molecule has 1 rings (SSSR count). The van der Waals surface area contributed by atoms with Crippen molar-refractivity contribution in [2.24, 2.45) is 0 Å². The molecule has 102 valence electrons. The molecule has 0 amide bonds. The van der Waals surface area contributed by atoms with E-state index in [-0.39, 0.29) is 18.6 Å². The van der Waals surface area contributed by atoms with E-state index < -0.39 is 0 Å². The van der Waals surface area contributed by atoms with Crippen molar-refractivity contribution in [1.82, 2.24) is 10.1 Å². The first-order valence-corrected chi connectivity index (χ1v) is 5.81. The third-order valence-corrected chi connectivity index (χ3v) is 2.55. The van der Waals surface area contributed by atoms with Gasteiger partial charge < -0.3 is 14.0 Å². The number of rotatable bonds is 7. The molecule has 0 fully saturated rings. The van der Waals surface area contributed by atoms with Crippen LogP contribution in [0.1, 0.15) is 25.3 Å². The third kappa shape index (κ3) is 4.46. The van der Waals surface area contributed by atoms with Crippen molar-refractivity contribution in [2.75, 3.05) is 20.8 Å². The van der Waals surface area contributed by atoms with E-state index in [9.17, 15) is 4.79 Å². The molecule has 1 aromatic heterocycles. The highest BCUT2D eigenvalue weighted by atomic mass is 16.5. The number of hydrogen-bond acceptors (Lipinski definition) is 6. The molecule has 6 heteroatoms. The summed E-state index contributed by atoms with van der Waals surface area (Å²) in [5.74, 6) is 0.415. The predicted molar refractivity (Wildman–Crippen MR) is 64.8 cm³/mol. The molecule has 1 heterocycles. The molecule has 6 nitrogen and oxygen atoms in total. The Balaban J connectivity index is 2.61. The minimum atomic E-state index is -0.260. The normalized spacial score (nSPS) is 11.2. The number of carbonyl (C=O) groups is 1. The van der Waals surface area contributed by atoms with E-state index >= 15 is 0 Å². The molecule has 0 saturated heterocycles. The summed E-state index contributed by atoms with van der Waals surface area (Å²) < 4.78 is 14.7. The maximum absolute atomic E-state index is 11.3. The van der Waals surface area contributed by atoms with E-state index in [1.807, 2.05) is 24.8 Å². The van der Waals surface area contributed by atoms with E-state index in [2.05, 4.69) is 9.89 Å². The molecule has 1 aromatic rings. The molecule has 0 saturated carbocycles. The van der Waals surface area contributed by atoms with Crippen LogP contribution in [0.5, 0.6) is 0 Å². The summed E-state index contributed by atoms with van der Waals surface area (Å²) in [6.45, 7) is 5.20. The second-order valence-electron chi connectivity index (χ2n) is 4.29. The fourth-order valence-electron chi connectivity index (χ4n) is 1.50. The van der Waals surface area contributed by atoms with E-state index in [0.717, 1.165) is 5.69 Å². The lowest BCUT2D eigenvalue weighted by Gasteiger charge is -2.23. The molecule has 0 aromatic carbocycles. The van der Waals surface area contributed by atoms with E-state index in [0.29, 0.717) is 18.9 Å². The molecular formula is C12H20N2O4. The predicted octanol–water partition coefficient (Wildman–Crippen LogP) is 1.20. The van der Waals surface area contributed by atoms with Gasteiger partial charge in [0.25, 0.3) is 0 Å². The van der Waals surface area contributed by atoms with Crippen molar-refractivity contribution < 1.29 is 18.8 Å². The molecule has 0 spiro atoms. The van der Waals surface area contributed by atoms with Crippen molar-refractivity contribution >= 4 is 5.97 Å². The Bertz CT molecular complexity index is 376. The summed E-state index contributed by atoms with van der Waals surface area (Å²) >= 11 is 0. The fourth-order valence-corrected chi connectivity index (χ4v) is 1.50. The Morgan fingerprint density at radius 3 is 2.78 bits per heavy atom. The van der Waals surface area contributed by atoms with Gasteiger partial charge in [-0.3, -0.25) is 9.69 Å². The summed E-state index contributed by atoms with van der Waals surface area (Å²) in [5.41, 5.74) is 0.777. The van der Waals surface area contributed by atoms with Gasteiger partial charge in [0, 0.05) is 25.8 Å². The largest absolute Gasteiger partial charge is 0.468 e. The van der Waals surface area contributed by atoms with Crippen molar-refractivity contribution in [3.8, 4) is 0 Å². The van der Waals surface area contributed by atoms with Gasteiger partial charge in [-0.1, -0.05) is 5.16 Å². The van der Waals surface area contributed by atoms with Gasteiger partial charge in [-0.25, -0.2) is 0 Å². The summed E-state index contributed by atoms with van der Waals surface area (Å²) in [4.78, 5) is 13.3. The maximum atomic E-state index is 11.3. The average molecular weight is 256 g/mol. The molecule has 0 N–H and O–H groups in total. The molecule has 0 bridgehead atoms. The summed E-state index contributed by atoms with van der Waals surface area (Å²) in [6, 6.07) is 2.04. The van der Waals surface area contributed by atoms with Crippen molar-refractivity contribution in [1.29, 1.82) is 0 Å². The lowest BCUT2D eigenvalue weighted by Crippen LogP contribution is -2.35. The number of ether oxygens (including phenoxy) is 2. The Kier molecular flexibility index (Phi) is 5.80. The average Bonchev–Trinajstić information content (AvgIpc) is 2.76. The molecule has 18 heavy (non-hydrogen) atoms. The first kappa shape index (κ1) is 14.7. The van der Waals surface area contributed by atoms with Crippen LogP contribution in [0.4, 0.5) is 0 Å². The van der Waals surface area contributed by atoms with Gasteiger partial charge >= 0.3 is 5.97 Å². The van der Waals surface area contributed by atoms with Gasteiger partial charge in [-0.2, -0.15) is 0 Å². The zero-order valence-corrected chi connectivity index (χ0v) is 11.3. The van der Waals surface area contributed by atoms with Crippen LogP contribution >= 0.6 is 0 Å². The van der Waals surface area contributed by atoms with Gasteiger partial charge in [0.05, 0.1) is 19.3 Å². The molecule has 0 aliphatic heterocycles. The third-order valence-electron chi connectivity index (χ3n) is 2.55. The quantitative estimate of drug-likeness (QED) is 0.683. The monoisotopic (exact) mass is 256 g/mol. The van der Waals surface area contributed by atoms with Crippen molar-refractivity contribution in [2.45, 2.75) is 33.0 Å². The smallest absolute Gasteiger partial charge is 0.319 e. The number of carbonyl (C=O) groups excluding carboxylic acids is 1. The second-order valence-corrected chi connectivity index (χ2v) is 4.29. The molecule has 0 atom stereocenters. The number of nitrogens with zero attached hydrogens (tertiary/aromatic N) is 2. The summed E-state index contributed by atoms with van der Waals surface area (Å²) in [5, 5.41) is 3.94. The first-order chi connectivity index (χ1) is 8.56. The van der Waals surface area contributed by atoms with Crippen LogP contribution in [0.3, 0.4) is 0 Å². The number of esters is 1. The highest BCUT2D eigenvalue weighted by Crippen LogP contribution is 2.10. The van der Waals surface area contributed by atoms with Crippen LogP contribution in [-0.2, 0) is 27.4 Å². The van der Waals surface area contributed by atoms with Crippen LogP contribution in [0, 0.1) is 0 Å². The molecule has 0 radical (unpaired) electrons. The minimum Gasteiger partial charge on any atom is -0.468 e. The number of methoxy groups -OCH3 is 2. The van der Waals surface area contributed by atoms with Crippen LogP contribution < -0.4 is 0 Å². The van der Waals surface area contributed by atoms with E-state index in [1.54, 1.807) is 7.11 Å². The van der Waals surface area contributed by atoms with E-state index in [4.69, 9.17) is 9.26 Å². The SMILES string of the molecule is COCc1cc(CN(CC(=O)OC)C(C)C)no1.